The lowest BCUT2D eigenvalue weighted by Crippen LogP contribution is -2.26. The zero-order valence-electron chi connectivity index (χ0n) is 11.1. The molecule has 0 radical (unpaired) electrons. The predicted octanol–water partition coefficient (Wildman–Crippen LogP) is 1.56. The molecule has 0 aliphatic heterocycles. The van der Waals surface area contributed by atoms with Crippen LogP contribution in [-0.2, 0) is 16.6 Å². The highest BCUT2D eigenvalue weighted by molar-refractivity contribution is 7.89. The number of rotatable bonds is 4. The number of nitrogen functional groups attached to an aromatic ring is 1. The lowest BCUT2D eigenvalue weighted by Gasteiger charge is -2.17. The largest absolute Gasteiger partial charge is 0.506 e. The quantitative estimate of drug-likeness (QED) is 0.659. The average molecular weight is 313 g/mol. The lowest BCUT2D eigenvalue weighted by molar-refractivity contribution is 0.467. The fourth-order valence-corrected chi connectivity index (χ4v) is 3.72. The monoisotopic (exact) mass is 313 g/mol. The highest BCUT2D eigenvalue weighted by atomic mass is 32.2. The fraction of sp³-hybridized carbons (Fsp3) is 0.250. The molecule has 1 aromatic heterocycles. The molecule has 2 aromatic rings. The summed E-state index contributed by atoms with van der Waals surface area (Å²) in [6.07, 6.45) is 0. The minimum absolute atomic E-state index is 0.0356. The van der Waals surface area contributed by atoms with Crippen molar-refractivity contribution < 1.29 is 13.5 Å². The van der Waals surface area contributed by atoms with E-state index in [-0.39, 0.29) is 22.9 Å². The van der Waals surface area contributed by atoms with Crippen molar-refractivity contribution in [2.45, 2.75) is 18.4 Å². The molecule has 0 saturated heterocycles. The number of sulfonamides is 1. The van der Waals surface area contributed by atoms with Crippen LogP contribution >= 0.6 is 11.3 Å². The molecule has 6 nitrogen and oxygen atoms in total. The van der Waals surface area contributed by atoms with Gasteiger partial charge in [0.1, 0.15) is 5.75 Å². The topological polar surface area (TPSA) is 96.5 Å². The molecule has 108 valence electrons. The van der Waals surface area contributed by atoms with E-state index in [4.69, 9.17) is 5.73 Å². The Kier molecular flexibility index (Phi) is 3.98. The Hall–Kier alpha value is -1.64. The van der Waals surface area contributed by atoms with Crippen LogP contribution in [0.15, 0.2) is 28.6 Å². The van der Waals surface area contributed by atoms with E-state index in [1.807, 2.05) is 6.92 Å². The number of nitrogens with zero attached hydrogens (tertiary/aromatic N) is 2. The van der Waals surface area contributed by atoms with Gasteiger partial charge in [-0.3, -0.25) is 0 Å². The molecule has 0 amide bonds. The molecule has 8 heteroatoms. The Labute approximate surface area is 121 Å². The lowest BCUT2D eigenvalue weighted by atomic mass is 10.3. The zero-order chi connectivity index (χ0) is 14.9. The summed E-state index contributed by atoms with van der Waals surface area (Å²) in [6, 6.07) is 3.85. The van der Waals surface area contributed by atoms with Gasteiger partial charge in [-0.1, -0.05) is 0 Å². The number of phenolic OH excluding ortho intramolecular Hbond substituents is 1. The number of aromatic hydroxyl groups is 1. The van der Waals surface area contributed by atoms with E-state index in [1.165, 1.54) is 40.9 Å². The first-order valence-corrected chi connectivity index (χ1v) is 8.08. The van der Waals surface area contributed by atoms with E-state index in [0.717, 1.165) is 10.6 Å². The number of anilines is 1. The Bertz CT molecular complexity index is 725. The van der Waals surface area contributed by atoms with Gasteiger partial charge in [-0.25, -0.2) is 13.4 Å². The number of phenols is 1. The van der Waals surface area contributed by atoms with Crippen LogP contribution in [0.5, 0.6) is 5.75 Å². The van der Waals surface area contributed by atoms with Gasteiger partial charge < -0.3 is 10.8 Å². The molecule has 0 aliphatic rings. The van der Waals surface area contributed by atoms with Crippen molar-refractivity contribution in [3.05, 3.63) is 34.3 Å². The summed E-state index contributed by atoms with van der Waals surface area (Å²) in [4.78, 5) is 5.04. The van der Waals surface area contributed by atoms with E-state index in [1.54, 1.807) is 5.51 Å². The van der Waals surface area contributed by atoms with Crippen molar-refractivity contribution in [1.82, 2.24) is 9.29 Å². The molecule has 0 spiro atoms. The van der Waals surface area contributed by atoms with Gasteiger partial charge in [0, 0.05) is 18.5 Å². The zero-order valence-corrected chi connectivity index (χ0v) is 12.7. The number of benzene rings is 1. The van der Waals surface area contributed by atoms with Crippen LogP contribution in [0.2, 0.25) is 0 Å². The first-order chi connectivity index (χ1) is 9.32. The van der Waals surface area contributed by atoms with Gasteiger partial charge in [0.05, 0.1) is 21.8 Å². The van der Waals surface area contributed by atoms with Crippen molar-refractivity contribution in [2.75, 3.05) is 12.8 Å². The third kappa shape index (κ3) is 2.77. The van der Waals surface area contributed by atoms with E-state index in [0.29, 0.717) is 0 Å². The number of hydrogen-bond donors (Lipinski definition) is 2. The molecule has 1 heterocycles. The third-order valence-corrected chi connectivity index (χ3v) is 5.64. The average Bonchev–Trinajstić information content (AvgIpc) is 2.78. The fourth-order valence-electron chi connectivity index (χ4n) is 1.64. The van der Waals surface area contributed by atoms with E-state index >= 15 is 0 Å². The normalized spacial score (nSPS) is 11.9. The van der Waals surface area contributed by atoms with Crippen LogP contribution in [0.3, 0.4) is 0 Å². The van der Waals surface area contributed by atoms with Crippen molar-refractivity contribution in [3.8, 4) is 5.75 Å². The molecule has 0 bridgehead atoms. The molecule has 20 heavy (non-hydrogen) atoms. The van der Waals surface area contributed by atoms with Gasteiger partial charge in [0.25, 0.3) is 0 Å². The summed E-state index contributed by atoms with van der Waals surface area (Å²) >= 11 is 1.41. The molecule has 0 saturated carbocycles. The standard InChI is InChI=1S/C12H15N3O3S2/c1-8-12(19-7-14-8)6-15(2)20(17,18)9-3-4-11(16)10(13)5-9/h3-5,7,16H,6,13H2,1-2H3. The molecular formula is C12H15N3O3S2. The van der Waals surface area contributed by atoms with Gasteiger partial charge in [0.15, 0.2) is 0 Å². The molecule has 0 atom stereocenters. The summed E-state index contributed by atoms with van der Waals surface area (Å²) in [5.41, 5.74) is 8.08. The Morgan fingerprint density at radius 3 is 2.70 bits per heavy atom. The molecular weight excluding hydrogens is 298 g/mol. The van der Waals surface area contributed by atoms with Crippen molar-refractivity contribution in [1.29, 1.82) is 0 Å². The second kappa shape index (κ2) is 5.39. The number of aromatic nitrogens is 1. The van der Waals surface area contributed by atoms with Crippen LogP contribution in [0.4, 0.5) is 5.69 Å². The van der Waals surface area contributed by atoms with Crippen LogP contribution in [0, 0.1) is 6.92 Å². The van der Waals surface area contributed by atoms with Crippen LogP contribution < -0.4 is 5.73 Å². The highest BCUT2D eigenvalue weighted by Crippen LogP contribution is 2.26. The van der Waals surface area contributed by atoms with E-state index < -0.39 is 10.0 Å². The maximum atomic E-state index is 12.4. The predicted molar refractivity (Wildman–Crippen MR) is 78.0 cm³/mol. The Morgan fingerprint density at radius 1 is 1.45 bits per heavy atom. The molecule has 3 N–H and O–H groups in total. The van der Waals surface area contributed by atoms with Crippen LogP contribution in [0.25, 0.3) is 0 Å². The smallest absolute Gasteiger partial charge is 0.243 e. The van der Waals surface area contributed by atoms with Gasteiger partial charge >= 0.3 is 0 Å². The second-order valence-corrected chi connectivity index (χ2v) is 7.33. The summed E-state index contributed by atoms with van der Waals surface area (Å²) in [7, 11) is -2.15. The molecule has 0 unspecified atom stereocenters. The number of hydrogen-bond acceptors (Lipinski definition) is 6. The van der Waals surface area contributed by atoms with Crippen molar-refractivity contribution >= 4 is 27.0 Å². The Balaban J connectivity index is 2.29. The molecule has 1 aromatic carbocycles. The van der Waals surface area contributed by atoms with Gasteiger partial charge in [-0.15, -0.1) is 11.3 Å². The highest BCUT2D eigenvalue weighted by Gasteiger charge is 2.22. The second-order valence-electron chi connectivity index (χ2n) is 4.34. The summed E-state index contributed by atoms with van der Waals surface area (Å²) in [5.74, 6) is -0.134. The number of thiazole rings is 1. The van der Waals surface area contributed by atoms with Gasteiger partial charge in [-0.05, 0) is 25.1 Å². The summed E-state index contributed by atoms with van der Waals surface area (Å²) in [6.45, 7) is 2.09. The first kappa shape index (κ1) is 14.8. The Morgan fingerprint density at radius 2 is 2.15 bits per heavy atom. The number of aryl methyl sites for hydroxylation is 1. The minimum Gasteiger partial charge on any atom is -0.506 e. The molecule has 0 fully saturated rings. The van der Waals surface area contributed by atoms with Crippen LogP contribution in [0.1, 0.15) is 10.6 Å². The molecule has 0 aliphatic carbocycles. The van der Waals surface area contributed by atoms with Crippen molar-refractivity contribution in [2.24, 2.45) is 0 Å². The SMILES string of the molecule is Cc1ncsc1CN(C)S(=O)(=O)c1ccc(O)c(N)c1. The van der Waals surface area contributed by atoms with Gasteiger partial charge in [0.2, 0.25) is 10.0 Å². The number of nitrogens with two attached hydrogens (primary N) is 1. The van der Waals surface area contributed by atoms with E-state index in [9.17, 15) is 13.5 Å². The summed E-state index contributed by atoms with van der Waals surface area (Å²) in [5, 5.41) is 9.35. The maximum absolute atomic E-state index is 12.4. The van der Waals surface area contributed by atoms with Crippen molar-refractivity contribution in [3.63, 3.8) is 0 Å². The molecule has 2 rings (SSSR count). The van der Waals surface area contributed by atoms with Crippen LogP contribution in [-0.4, -0.2) is 29.9 Å². The third-order valence-electron chi connectivity index (χ3n) is 2.92. The first-order valence-electron chi connectivity index (χ1n) is 5.76. The summed E-state index contributed by atoms with van der Waals surface area (Å²) < 4.78 is 26.0. The maximum Gasteiger partial charge on any atom is 0.243 e. The van der Waals surface area contributed by atoms with E-state index in [2.05, 4.69) is 4.98 Å². The van der Waals surface area contributed by atoms with Gasteiger partial charge in [-0.2, -0.15) is 4.31 Å². The minimum atomic E-state index is -3.65.